The molecule has 1 aliphatic heterocycles. The largest absolute Gasteiger partial charge is 0.478 e. The lowest BCUT2D eigenvalue weighted by molar-refractivity contribution is 0.0699. The van der Waals surface area contributed by atoms with Gasteiger partial charge >= 0.3 is 16.2 Å². The molecule has 1 aromatic carbocycles. The fourth-order valence-corrected chi connectivity index (χ4v) is 4.35. The lowest BCUT2D eigenvalue weighted by atomic mass is 10.2. The van der Waals surface area contributed by atoms with Gasteiger partial charge in [-0.1, -0.05) is 12.5 Å². The zero-order valence-electron chi connectivity index (χ0n) is 11.8. The van der Waals surface area contributed by atoms with E-state index in [1.165, 1.54) is 22.5 Å². The molecule has 0 saturated carbocycles. The van der Waals surface area contributed by atoms with Gasteiger partial charge < -0.3 is 10.8 Å². The number of carboxylic acid groups (broad SMARTS) is 1. The van der Waals surface area contributed by atoms with Gasteiger partial charge in [0.2, 0.25) is 5.95 Å². The molecule has 0 spiro atoms. The number of hydrogen-bond donors (Lipinski definition) is 2. The van der Waals surface area contributed by atoms with Crippen molar-refractivity contribution in [2.45, 2.75) is 19.3 Å². The molecule has 22 heavy (non-hydrogen) atoms. The summed E-state index contributed by atoms with van der Waals surface area (Å²) in [6.07, 6.45) is 2.59. The zero-order valence-corrected chi connectivity index (χ0v) is 12.6. The Morgan fingerprint density at radius 2 is 1.91 bits per heavy atom. The maximum Gasteiger partial charge on any atom is 0.337 e. The molecule has 1 aromatic heterocycles. The third-order valence-electron chi connectivity index (χ3n) is 3.77. The van der Waals surface area contributed by atoms with Crippen LogP contribution in [0, 0.1) is 0 Å². The lowest BCUT2D eigenvalue weighted by Crippen LogP contribution is -2.39. The molecule has 2 heterocycles. The fourth-order valence-electron chi connectivity index (χ4n) is 2.72. The van der Waals surface area contributed by atoms with Crippen molar-refractivity contribution in [1.29, 1.82) is 0 Å². The van der Waals surface area contributed by atoms with Crippen molar-refractivity contribution in [3.8, 4) is 0 Å². The first-order valence-corrected chi connectivity index (χ1v) is 8.33. The minimum atomic E-state index is -3.85. The van der Waals surface area contributed by atoms with E-state index >= 15 is 0 Å². The Hall–Kier alpha value is -2.13. The molecule has 0 bridgehead atoms. The molecule has 8 nitrogen and oxygen atoms in total. The Morgan fingerprint density at radius 1 is 1.23 bits per heavy atom. The third kappa shape index (κ3) is 2.22. The van der Waals surface area contributed by atoms with Crippen molar-refractivity contribution in [3.63, 3.8) is 0 Å². The summed E-state index contributed by atoms with van der Waals surface area (Å²) in [6.45, 7) is 0.861. The number of para-hydroxylation sites is 1. The lowest BCUT2D eigenvalue weighted by Gasteiger charge is -2.26. The van der Waals surface area contributed by atoms with E-state index < -0.39 is 16.2 Å². The molecule has 3 N–H and O–H groups in total. The highest BCUT2D eigenvalue weighted by atomic mass is 32.2. The van der Waals surface area contributed by atoms with Crippen LogP contribution in [0.15, 0.2) is 18.2 Å². The second-order valence-corrected chi connectivity index (χ2v) is 6.96. The summed E-state index contributed by atoms with van der Waals surface area (Å²) in [7, 11) is -3.85. The number of fused-ring (bicyclic) bond motifs is 1. The van der Waals surface area contributed by atoms with Crippen LogP contribution < -0.4 is 5.73 Å². The zero-order chi connectivity index (χ0) is 15.9. The van der Waals surface area contributed by atoms with Crippen LogP contribution in [-0.2, 0) is 10.2 Å². The van der Waals surface area contributed by atoms with Crippen LogP contribution in [-0.4, -0.2) is 45.8 Å². The van der Waals surface area contributed by atoms with Crippen molar-refractivity contribution in [2.75, 3.05) is 18.8 Å². The van der Waals surface area contributed by atoms with E-state index in [1.54, 1.807) is 0 Å². The van der Waals surface area contributed by atoms with Gasteiger partial charge in [-0.05, 0) is 25.0 Å². The summed E-state index contributed by atoms with van der Waals surface area (Å²) in [6, 6.07) is 4.36. The number of benzene rings is 1. The molecule has 0 aliphatic carbocycles. The number of nitrogens with zero attached hydrogens (tertiary/aromatic N) is 3. The predicted molar refractivity (Wildman–Crippen MR) is 80.8 cm³/mol. The van der Waals surface area contributed by atoms with Gasteiger partial charge in [0.1, 0.15) is 5.52 Å². The van der Waals surface area contributed by atoms with Crippen LogP contribution in [0.25, 0.3) is 11.0 Å². The van der Waals surface area contributed by atoms with Crippen LogP contribution in [0.2, 0.25) is 0 Å². The van der Waals surface area contributed by atoms with Gasteiger partial charge in [0, 0.05) is 13.1 Å². The topological polar surface area (TPSA) is 119 Å². The van der Waals surface area contributed by atoms with Gasteiger partial charge in [-0.3, -0.25) is 0 Å². The number of anilines is 1. The maximum atomic E-state index is 12.8. The second kappa shape index (κ2) is 5.25. The van der Waals surface area contributed by atoms with E-state index in [-0.39, 0.29) is 22.5 Å². The smallest absolute Gasteiger partial charge is 0.337 e. The summed E-state index contributed by atoms with van der Waals surface area (Å²) in [4.78, 5) is 15.2. The van der Waals surface area contributed by atoms with Gasteiger partial charge in [0.25, 0.3) is 0 Å². The molecule has 0 amide bonds. The molecular weight excluding hydrogens is 308 g/mol. The van der Waals surface area contributed by atoms with E-state index in [2.05, 4.69) is 4.98 Å². The third-order valence-corrected chi connectivity index (χ3v) is 5.63. The number of carbonyl (C=O) groups is 1. The summed E-state index contributed by atoms with van der Waals surface area (Å²) in [5.74, 6) is -1.40. The van der Waals surface area contributed by atoms with Gasteiger partial charge in [-0.15, -0.1) is 0 Å². The monoisotopic (exact) mass is 324 g/mol. The predicted octanol–water partition coefficient (Wildman–Crippen LogP) is 0.895. The Labute approximate surface area is 127 Å². The summed E-state index contributed by atoms with van der Waals surface area (Å²) >= 11 is 0. The first-order valence-electron chi connectivity index (χ1n) is 6.94. The van der Waals surface area contributed by atoms with E-state index in [1.807, 2.05) is 0 Å². The average molecular weight is 324 g/mol. The van der Waals surface area contributed by atoms with Crippen molar-refractivity contribution in [2.24, 2.45) is 0 Å². The van der Waals surface area contributed by atoms with Crippen LogP contribution in [0.1, 0.15) is 29.6 Å². The van der Waals surface area contributed by atoms with E-state index in [4.69, 9.17) is 5.73 Å². The number of piperidine rings is 1. The standard InChI is InChI=1S/C13H16N4O4S/c14-13-15-11-9(12(18)19)5-4-6-10(11)17(13)22(20,21)16-7-2-1-3-8-16/h4-6H,1-3,7-8H2,(H2,14,15)(H,18,19). The van der Waals surface area contributed by atoms with E-state index in [0.29, 0.717) is 13.1 Å². The van der Waals surface area contributed by atoms with Crippen LogP contribution in [0.3, 0.4) is 0 Å². The number of nitrogen functional groups attached to an aromatic ring is 1. The maximum absolute atomic E-state index is 12.8. The number of hydrogen-bond acceptors (Lipinski definition) is 5. The van der Waals surface area contributed by atoms with Gasteiger partial charge in [-0.2, -0.15) is 16.7 Å². The van der Waals surface area contributed by atoms with Gasteiger partial charge in [0.05, 0.1) is 11.1 Å². The number of aromatic carboxylic acids is 1. The van der Waals surface area contributed by atoms with Crippen molar-refractivity contribution in [1.82, 2.24) is 13.3 Å². The summed E-state index contributed by atoms with van der Waals surface area (Å²) in [5.41, 5.74) is 5.96. The van der Waals surface area contributed by atoms with E-state index in [9.17, 15) is 18.3 Å². The number of nitrogens with two attached hydrogens (primary N) is 1. The Bertz CT molecular complexity index is 837. The molecule has 0 atom stereocenters. The number of imidazole rings is 1. The number of carboxylic acids is 1. The van der Waals surface area contributed by atoms with Crippen LogP contribution >= 0.6 is 0 Å². The molecular formula is C13H16N4O4S. The molecule has 2 aromatic rings. The van der Waals surface area contributed by atoms with Crippen LogP contribution in [0.4, 0.5) is 5.95 Å². The minimum absolute atomic E-state index is 0.0724. The second-order valence-electron chi connectivity index (χ2n) is 5.18. The quantitative estimate of drug-likeness (QED) is 0.865. The molecule has 9 heteroatoms. The summed E-state index contributed by atoms with van der Waals surface area (Å²) in [5, 5.41) is 9.18. The summed E-state index contributed by atoms with van der Waals surface area (Å²) < 4.78 is 27.9. The molecule has 1 aliphatic rings. The Balaban J connectivity index is 2.21. The van der Waals surface area contributed by atoms with Crippen molar-refractivity contribution >= 4 is 33.2 Å². The number of rotatable bonds is 3. The first kappa shape index (κ1) is 14.8. The first-order chi connectivity index (χ1) is 10.4. The van der Waals surface area contributed by atoms with Gasteiger partial charge in [0.15, 0.2) is 0 Å². The Morgan fingerprint density at radius 3 is 2.55 bits per heavy atom. The van der Waals surface area contributed by atoms with Crippen molar-refractivity contribution in [3.05, 3.63) is 23.8 Å². The SMILES string of the molecule is Nc1nc2c(C(=O)O)cccc2n1S(=O)(=O)N1CCCCC1. The van der Waals surface area contributed by atoms with Crippen LogP contribution in [0.5, 0.6) is 0 Å². The minimum Gasteiger partial charge on any atom is -0.478 e. The molecule has 0 unspecified atom stereocenters. The van der Waals surface area contributed by atoms with Gasteiger partial charge in [-0.25, -0.2) is 9.78 Å². The highest BCUT2D eigenvalue weighted by Gasteiger charge is 2.30. The average Bonchev–Trinajstić information content (AvgIpc) is 2.84. The molecule has 3 rings (SSSR count). The Kier molecular flexibility index (Phi) is 3.53. The van der Waals surface area contributed by atoms with E-state index in [0.717, 1.165) is 23.2 Å². The molecule has 0 radical (unpaired) electrons. The fraction of sp³-hybridized carbons (Fsp3) is 0.385. The molecule has 1 saturated heterocycles. The van der Waals surface area contributed by atoms with Crippen molar-refractivity contribution < 1.29 is 18.3 Å². The molecule has 1 fully saturated rings. The highest BCUT2D eigenvalue weighted by Crippen LogP contribution is 2.26. The number of aromatic nitrogens is 2. The normalized spacial score (nSPS) is 16.9. The molecule has 118 valence electrons. The highest BCUT2D eigenvalue weighted by molar-refractivity contribution is 7.87.